The molecule has 0 radical (unpaired) electrons. The Labute approximate surface area is 158 Å². The van der Waals surface area contributed by atoms with Crippen LogP contribution in [0, 0.1) is 5.82 Å². The van der Waals surface area contributed by atoms with Gasteiger partial charge in [-0.05, 0) is 49.2 Å². The first-order valence-corrected chi connectivity index (χ1v) is 8.97. The van der Waals surface area contributed by atoms with Gasteiger partial charge in [0.2, 0.25) is 0 Å². The molecule has 0 spiro atoms. The maximum Gasteiger partial charge on any atom is 0.252 e. The van der Waals surface area contributed by atoms with E-state index in [1.165, 1.54) is 12.1 Å². The van der Waals surface area contributed by atoms with E-state index >= 15 is 0 Å². The van der Waals surface area contributed by atoms with Gasteiger partial charge in [0.1, 0.15) is 5.82 Å². The number of halogens is 1. The Morgan fingerprint density at radius 2 is 1.78 bits per heavy atom. The number of hydrogen-bond acceptors (Lipinski definition) is 3. The number of rotatable bonds is 7. The molecule has 138 valence electrons. The molecule has 0 unspecified atom stereocenters. The Bertz CT molecular complexity index is 882. The van der Waals surface area contributed by atoms with Crippen LogP contribution >= 0.6 is 0 Å². The van der Waals surface area contributed by atoms with Crippen molar-refractivity contribution in [3.8, 4) is 0 Å². The van der Waals surface area contributed by atoms with Crippen LogP contribution in [-0.2, 0) is 6.42 Å². The van der Waals surface area contributed by atoms with Crippen molar-refractivity contribution in [3.05, 3.63) is 90.0 Å². The van der Waals surface area contributed by atoms with Gasteiger partial charge in [-0.15, -0.1) is 0 Å². The van der Waals surface area contributed by atoms with Crippen LogP contribution in [0.15, 0.2) is 73.1 Å². The van der Waals surface area contributed by atoms with Gasteiger partial charge in [0.05, 0.1) is 17.4 Å². The maximum atomic E-state index is 12.9. The molecule has 2 aromatic carbocycles. The number of carbonyl (C=O) groups is 1. The van der Waals surface area contributed by atoms with E-state index in [1.54, 1.807) is 24.5 Å². The fourth-order valence-corrected chi connectivity index (χ4v) is 2.90. The third kappa shape index (κ3) is 4.91. The number of nitrogens with zero attached hydrogens (tertiary/aromatic N) is 2. The van der Waals surface area contributed by atoms with E-state index < -0.39 is 0 Å². The van der Waals surface area contributed by atoms with Crippen LogP contribution in [-0.4, -0.2) is 24.0 Å². The third-order valence-electron chi connectivity index (χ3n) is 4.29. The second kappa shape index (κ2) is 8.94. The topological polar surface area (TPSA) is 45.2 Å². The summed E-state index contributed by atoms with van der Waals surface area (Å²) in [4.78, 5) is 18.8. The number of para-hydroxylation sites is 1. The monoisotopic (exact) mass is 363 g/mol. The number of hydrogen-bond donors (Lipinski definition) is 1. The second-order valence-corrected chi connectivity index (χ2v) is 6.14. The Morgan fingerprint density at radius 1 is 1.04 bits per heavy atom. The van der Waals surface area contributed by atoms with Crippen molar-refractivity contribution in [2.75, 3.05) is 18.0 Å². The van der Waals surface area contributed by atoms with Crippen LogP contribution in [0.25, 0.3) is 0 Å². The summed E-state index contributed by atoms with van der Waals surface area (Å²) < 4.78 is 12.9. The fraction of sp³-hybridized carbons (Fsp3) is 0.182. The van der Waals surface area contributed by atoms with E-state index in [0.29, 0.717) is 18.5 Å². The van der Waals surface area contributed by atoms with Gasteiger partial charge in [0, 0.05) is 25.0 Å². The van der Waals surface area contributed by atoms with Crippen LogP contribution in [0.4, 0.5) is 15.8 Å². The first kappa shape index (κ1) is 18.6. The van der Waals surface area contributed by atoms with Gasteiger partial charge in [-0.3, -0.25) is 9.78 Å². The van der Waals surface area contributed by atoms with Crippen molar-refractivity contribution in [1.82, 2.24) is 10.3 Å². The first-order valence-electron chi connectivity index (χ1n) is 8.97. The highest BCUT2D eigenvalue weighted by Crippen LogP contribution is 2.24. The number of carbonyl (C=O) groups excluding carboxylic acids is 1. The number of nitrogens with one attached hydrogen (secondary N) is 1. The highest BCUT2D eigenvalue weighted by Gasteiger charge is 2.11. The number of pyridine rings is 1. The van der Waals surface area contributed by atoms with E-state index in [-0.39, 0.29) is 11.7 Å². The smallest absolute Gasteiger partial charge is 0.252 e. The molecule has 0 saturated heterocycles. The van der Waals surface area contributed by atoms with Crippen LogP contribution in [0.3, 0.4) is 0 Å². The van der Waals surface area contributed by atoms with Crippen molar-refractivity contribution in [3.63, 3.8) is 0 Å². The zero-order valence-corrected chi connectivity index (χ0v) is 15.2. The van der Waals surface area contributed by atoms with Gasteiger partial charge >= 0.3 is 0 Å². The molecule has 0 aliphatic heterocycles. The van der Waals surface area contributed by atoms with Crippen molar-refractivity contribution < 1.29 is 9.18 Å². The minimum atomic E-state index is -0.260. The van der Waals surface area contributed by atoms with Gasteiger partial charge in [-0.1, -0.05) is 30.3 Å². The largest absolute Gasteiger partial charge is 0.352 e. The Hall–Kier alpha value is -3.21. The number of benzene rings is 2. The molecule has 4 nitrogen and oxygen atoms in total. The summed E-state index contributed by atoms with van der Waals surface area (Å²) in [6.07, 6.45) is 3.96. The molecule has 0 aliphatic rings. The molecule has 27 heavy (non-hydrogen) atoms. The highest BCUT2D eigenvalue weighted by molar-refractivity contribution is 5.95. The van der Waals surface area contributed by atoms with Crippen molar-refractivity contribution >= 4 is 17.3 Å². The summed E-state index contributed by atoms with van der Waals surface area (Å²) in [5, 5.41) is 2.89. The molecule has 0 atom stereocenters. The molecule has 1 aromatic heterocycles. The Balaban J connectivity index is 1.65. The lowest BCUT2D eigenvalue weighted by Crippen LogP contribution is -2.26. The molecule has 0 fully saturated rings. The quantitative estimate of drug-likeness (QED) is 0.679. The second-order valence-electron chi connectivity index (χ2n) is 6.14. The van der Waals surface area contributed by atoms with Gasteiger partial charge in [-0.25, -0.2) is 4.39 Å². The standard InChI is InChI=1S/C22H22FN3O/c1-2-26(20-6-4-3-5-7-20)21-14-18(15-24-16-21)22(27)25-13-12-17-8-10-19(23)11-9-17/h3-11,14-16H,2,12-13H2,1H3,(H,25,27). The number of anilines is 2. The maximum absolute atomic E-state index is 12.9. The summed E-state index contributed by atoms with van der Waals surface area (Å²) >= 11 is 0. The molecule has 0 aliphatic carbocycles. The van der Waals surface area contributed by atoms with Gasteiger partial charge in [0.25, 0.3) is 5.91 Å². The van der Waals surface area contributed by atoms with Crippen molar-refractivity contribution in [1.29, 1.82) is 0 Å². The van der Waals surface area contributed by atoms with Crippen molar-refractivity contribution in [2.24, 2.45) is 0 Å². The third-order valence-corrected chi connectivity index (χ3v) is 4.29. The van der Waals surface area contributed by atoms with E-state index in [2.05, 4.69) is 22.1 Å². The predicted molar refractivity (Wildman–Crippen MR) is 106 cm³/mol. The van der Waals surface area contributed by atoms with Gasteiger partial charge < -0.3 is 10.2 Å². The normalized spacial score (nSPS) is 10.4. The zero-order valence-electron chi connectivity index (χ0n) is 15.2. The summed E-state index contributed by atoms with van der Waals surface area (Å²) in [6, 6.07) is 18.1. The molecule has 3 rings (SSSR count). The molecule has 1 N–H and O–H groups in total. The minimum Gasteiger partial charge on any atom is -0.352 e. The molecular formula is C22H22FN3O. The Morgan fingerprint density at radius 3 is 2.48 bits per heavy atom. The van der Waals surface area contributed by atoms with E-state index in [9.17, 15) is 9.18 Å². The van der Waals surface area contributed by atoms with E-state index in [0.717, 1.165) is 23.5 Å². The molecule has 1 amide bonds. The van der Waals surface area contributed by atoms with E-state index in [4.69, 9.17) is 0 Å². The molecule has 5 heteroatoms. The van der Waals surface area contributed by atoms with Gasteiger partial charge in [-0.2, -0.15) is 0 Å². The molecular weight excluding hydrogens is 341 g/mol. The van der Waals surface area contributed by atoms with Crippen molar-refractivity contribution in [2.45, 2.75) is 13.3 Å². The average Bonchev–Trinajstić information content (AvgIpc) is 2.71. The van der Waals surface area contributed by atoms with Crippen LogP contribution in [0.2, 0.25) is 0 Å². The number of aromatic nitrogens is 1. The minimum absolute atomic E-state index is 0.171. The lowest BCUT2D eigenvalue weighted by atomic mass is 10.1. The molecule has 0 bridgehead atoms. The SMILES string of the molecule is CCN(c1ccccc1)c1cncc(C(=O)NCCc2ccc(F)cc2)c1. The summed E-state index contributed by atoms with van der Waals surface area (Å²) in [5.74, 6) is -0.430. The highest BCUT2D eigenvalue weighted by atomic mass is 19.1. The first-order chi connectivity index (χ1) is 13.2. The van der Waals surface area contributed by atoms with Gasteiger partial charge in [0.15, 0.2) is 0 Å². The molecule has 0 saturated carbocycles. The molecule has 3 aromatic rings. The lowest BCUT2D eigenvalue weighted by molar-refractivity contribution is 0.0954. The summed E-state index contributed by atoms with van der Waals surface area (Å²) in [5.41, 5.74) is 3.41. The van der Waals surface area contributed by atoms with Crippen LogP contribution < -0.4 is 10.2 Å². The predicted octanol–water partition coefficient (Wildman–Crippen LogP) is 4.35. The Kier molecular flexibility index (Phi) is 6.15. The number of amides is 1. The average molecular weight is 363 g/mol. The van der Waals surface area contributed by atoms with Crippen LogP contribution in [0.5, 0.6) is 0 Å². The zero-order chi connectivity index (χ0) is 19.1. The van der Waals surface area contributed by atoms with Crippen LogP contribution in [0.1, 0.15) is 22.8 Å². The fourth-order valence-electron chi connectivity index (χ4n) is 2.90. The van der Waals surface area contributed by atoms with E-state index in [1.807, 2.05) is 36.4 Å². The summed E-state index contributed by atoms with van der Waals surface area (Å²) in [7, 11) is 0. The molecule has 1 heterocycles. The summed E-state index contributed by atoms with van der Waals surface area (Å²) in [6.45, 7) is 3.30. The lowest BCUT2D eigenvalue weighted by Gasteiger charge is -2.23.